The molecule has 2 aromatic carbocycles. The fourth-order valence-electron chi connectivity index (χ4n) is 2.75. The summed E-state index contributed by atoms with van der Waals surface area (Å²) in [7, 11) is 0. The molecule has 0 unspecified atom stereocenters. The molecule has 1 heterocycles. The van der Waals surface area contributed by atoms with Crippen molar-refractivity contribution in [3.63, 3.8) is 0 Å². The summed E-state index contributed by atoms with van der Waals surface area (Å²) in [6.07, 6.45) is 0.105. The standard InChI is InChI=1S/C18H17N3O3/c1-11(22)19-12-5-4-6-13(9-12)20-18(24)15-10-17(23)21-16-8-3-2-7-14(15)16/h2-9,15H,10H2,1H3,(H,19,22)(H,20,24)(H,21,23)/t15-/m1/s1. The van der Waals surface area contributed by atoms with E-state index in [1.165, 1.54) is 6.92 Å². The lowest BCUT2D eigenvalue weighted by atomic mass is 9.90. The lowest BCUT2D eigenvalue weighted by Crippen LogP contribution is -2.30. The van der Waals surface area contributed by atoms with Crippen molar-refractivity contribution in [1.29, 1.82) is 0 Å². The summed E-state index contributed by atoms with van der Waals surface area (Å²) in [5, 5.41) is 8.26. The Hall–Kier alpha value is -3.15. The van der Waals surface area contributed by atoms with E-state index in [4.69, 9.17) is 0 Å². The third-order valence-corrected chi connectivity index (χ3v) is 3.77. The van der Waals surface area contributed by atoms with Crippen LogP contribution in [0.5, 0.6) is 0 Å². The lowest BCUT2D eigenvalue weighted by molar-refractivity contribution is -0.123. The average Bonchev–Trinajstić information content (AvgIpc) is 2.53. The van der Waals surface area contributed by atoms with E-state index < -0.39 is 5.92 Å². The maximum absolute atomic E-state index is 12.6. The molecule has 0 saturated heterocycles. The zero-order chi connectivity index (χ0) is 17.1. The smallest absolute Gasteiger partial charge is 0.232 e. The number of anilines is 3. The number of carbonyl (C=O) groups excluding carboxylic acids is 3. The van der Waals surface area contributed by atoms with Crippen molar-refractivity contribution in [3.05, 3.63) is 54.1 Å². The monoisotopic (exact) mass is 323 g/mol. The van der Waals surface area contributed by atoms with Gasteiger partial charge >= 0.3 is 0 Å². The molecule has 1 aliphatic rings. The SMILES string of the molecule is CC(=O)Nc1cccc(NC(=O)[C@@H]2CC(=O)Nc3ccccc32)c1. The predicted molar refractivity (Wildman–Crippen MR) is 91.8 cm³/mol. The lowest BCUT2D eigenvalue weighted by Gasteiger charge is -2.24. The summed E-state index contributed by atoms with van der Waals surface area (Å²) in [5.74, 6) is -1.16. The molecule has 122 valence electrons. The second kappa shape index (κ2) is 6.54. The highest BCUT2D eigenvalue weighted by molar-refractivity contribution is 6.05. The molecule has 3 rings (SSSR count). The van der Waals surface area contributed by atoms with Gasteiger partial charge in [-0.05, 0) is 29.8 Å². The van der Waals surface area contributed by atoms with Crippen molar-refractivity contribution in [1.82, 2.24) is 0 Å². The number of carbonyl (C=O) groups is 3. The van der Waals surface area contributed by atoms with Crippen LogP contribution in [0, 0.1) is 0 Å². The quantitative estimate of drug-likeness (QED) is 0.811. The average molecular weight is 323 g/mol. The van der Waals surface area contributed by atoms with Crippen molar-refractivity contribution in [2.75, 3.05) is 16.0 Å². The molecule has 3 amide bonds. The molecule has 0 fully saturated rings. The van der Waals surface area contributed by atoms with Gasteiger partial charge in [-0.2, -0.15) is 0 Å². The largest absolute Gasteiger partial charge is 0.326 e. The molecule has 3 N–H and O–H groups in total. The number of nitrogens with one attached hydrogen (secondary N) is 3. The Morgan fingerprint density at radius 2 is 1.75 bits per heavy atom. The molecule has 0 spiro atoms. The van der Waals surface area contributed by atoms with Gasteiger partial charge in [-0.3, -0.25) is 14.4 Å². The van der Waals surface area contributed by atoms with Gasteiger partial charge in [-0.15, -0.1) is 0 Å². The summed E-state index contributed by atoms with van der Waals surface area (Å²) in [5.41, 5.74) is 2.63. The molecule has 0 aliphatic carbocycles. The van der Waals surface area contributed by atoms with Crippen molar-refractivity contribution in [2.45, 2.75) is 19.3 Å². The summed E-state index contributed by atoms with van der Waals surface area (Å²) >= 11 is 0. The number of rotatable bonds is 3. The van der Waals surface area contributed by atoms with Gasteiger partial charge in [0.15, 0.2) is 0 Å². The fourth-order valence-corrected chi connectivity index (χ4v) is 2.75. The Morgan fingerprint density at radius 3 is 2.50 bits per heavy atom. The van der Waals surface area contributed by atoms with Crippen LogP contribution in [0.25, 0.3) is 0 Å². The third kappa shape index (κ3) is 3.43. The van der Waals surface area contributed by atoms with Crippen LogP contribution in [0.15, 0.2) is 48.5 Å². The second-order valence-electron chi connectivity index (χ2n) is 5.64. The number of hydrogen-bond acceptors (Lipinski definition) is 3. The van der Waals surface area contributed by atoms with Crippen LogP contribution in [0.2, 0.25) is 0 Å². The van der Waals surface area contributed by atoms with E-state index in [1.54, 1.807) is 30.3 Å². The van der Waals surface area contributed by atoms with Crippen molar-refractivity contribution >= 4 is 34.8 Å². The highest BCUT2D eigenvalue weighted by Crippen LogP contribution is 2.33. The van der Waals surface area contributed by atoms with Crippen LogP contribution in [0.1, 0.15) is 24.8 Å². The van der Waals surface area contributed by atoms with Crippen LogP contribution in [0.4, 0.5) is 17.1 Å². The molecule has 0 bridgehead atoms. The van der Waals surface area contributed by atoms with Gasteiger partial charge in [0.2, 0.25) is 17.7 Å². The van der Waals surface area contributed by atoms with Gasteiger partial charge in [0.1, 0.15) is 0 Å². The van der Waals surface area contributed by atoms with Gasteiger partial charge in [0, 0.05) is 30.4 Å². The molecule has 1 aliphatic heterocycles. The van der Waals surface area contributed by atoms with Gasteiger partial charge in [-0.1, -0.05) is 24.3 Å². The van der Waals surface area contributed by atoms with Crippen LogP contribution in [-0.2, 0) is 14.4 Å². The Kier molecular flexibility index (Phi) is 4.29. The van der Waals surface area contributed by atoms with E-state index in [1.807, 2.05) is 18.2 Å². The first-order valence-electron chi connectivity index (χ1n) is 7.60. The minimum atomic E-state index is -0.542. The third-order valence-electron chi connectivity index (χ3n) is 3.77. The minimum Gasteiger partial charge on any atom is -0.326 e. The normalized spacial score (nSPS) is 15.9. The van der Waals surface area contributed by atoms with Crippen molar-refractivity contribution < 1.29 is 14.4 Å². The predicted octanol–water partition coefficient (Wildman–Crippen LogP) is 2.71. The van der Waals surface area contributed by atoms with Crippen LogP contribution in [0.3, 0.4) is 0 Å². The van der Waals surface area contributed by atoms with Gasteiger partial charge < -0.3 is 16.0 Å². The summed E-state index contributed by atoms with van der Waals surface area (Å²) in [4.78, 5) is 35.6. The molecule has 24 heavy (non-hydrogen) atoms. The highest BCUT2D eigenvalue weighted by Gasteiger charge is 2.30. The van der Waals surface area contributed by atoms with E-state index in [0.29, 0.717) is 17.1 Å². The maximum atomic E-state index is 12.6. The van der Waals surface area contributed by atoms with E-state index >= 15 is 0 Å². The zero-order valence-electron chi connectivity index (χ0n) is 13.1. The molecule has 6 nitrogen and oxygen atoms in total. The van der Waals surface area contributed by atoms with Gasteiger partial charge in [0.25, 0.3) is 0 Å². The Bertz CT molecular complexity index is 817. The van der Waals surface area contributed by atoms with E-state index in [-0.39, 0.29) is 24.1 Å². The van der Waals surface area contributed by atoms with Crippen molar-refractivity contribution in [3.8, 4) is 0 Å². The topological polar surface area (TPSA) is 87.3 Å². The van der Waals surface area contributed by atoms with Crippen molar-refractivity contribution in [2.24, 2.45) is 0 Å². The van der Waals surface area contributed by atoms with E-state index in [2.05, 4.69) is 16.0 Å². The maximum Gasteiger partial charge on any atom is 0.232 e. The first kappa shape index (κ1) is 15.7. The Balaban J connectivity index is 1.80. The number of para-hydroxylation sites is 1. The number of benzene rings is 2. The van der Waals surface area contributed by atoms with Gasteiger partial charge in [0.05, 0.1) is 5.92 Å². The molecular formula is C18H17N3O3. The molecule has 2 aromatic rings. The van der Waals surface area contributed by atoms with E-state index in [0.717, 1.165) is 5.56 Å². The highest BCUT2D eigenvalue weighted by atomic mass is 16.2. The molecule has 0 radical (unpaired) electrons. The fraction of sp³-hybridized carbons (Fsp3) is 0.167. The molecule has 6 heteroatoms. The summed E-state index contributed by atoms with van der Waals surface area (Å²) < 4.78 is 0. The number of amides is 3. The second-order valence-corrected chi connectivity index (χ2v) is 5.64. The number of hydrogen-bond donors (Lipinski definition) is 3. The first-order valence-corrected chi connectivity index (χ1v) is 7.60. The Labute approximate surface area is 139 Å². The molecule has 0 saturated carbocycles. The minimum absolute atomic E-state index is 0.105. The molecule has 0 aromatic heterocycles. The van der Waals surface area contributed by atoms with Crippen LogP contribution >= 0.6 is 0 Å². The summed E-state index contributed by atoms with van der Waals surface area (Å²) in [6, 6.07) is 14.2. The van der Waals surface area contributed by atoms with E-state index in [9.17, 15) is 14.4 Å². The van der Waals surface area contributed by atoms with Gasteiger partial charge in [-0.25, -0.2) is 0 Å². The molecular weight excluding hydrogens is 306 g/mol. The summed E-state index contributed by atoms with van der Waals surface area (Å²) in [6.45, 7) is 1.42. The zero-order valence-corrected chi connectivity index (χ0v) is 13.1. The Morgan fingerprint density at radius 1 is 1.04 bits per heavy atom. The number of fused-ring (bicyclic) bond motifs is 1. The van der Waals surface area contributed by atoms with Crippen LogP contribution in [-0.4, -0.2) is 17.7 Å². The molecule has 1 atom stereocenters. The first-order chi connectivity index (χ1) is 11.5. The van der Waals surface area contributed by atoms with Crippen LogP contribution < -0.4 is 16.0 Å².